The highest BCUT2D eigenvalue weighted by Crippen LogP contribution is 2.21. The molecule has 2 rings (SSSR count). The van der Waals surface area contributed by atoms with Gasteiger partial charge in [-0.3, -0.25) is 4.79 Å². The van der Waals surface area contributed by atoms with Crippen LogP contribution in [0, 0.1) is 5.92 Å². The Labute approximate surface area is 129 Å². The van der Waals surface area contributed by atoms with Gasteiger partial charge in [-0.15, -0.1) is 0 Å². The van der Waals surface area contributed by atoms with E-state index in [0.29, 0.717) is 5.92 Å². The summed E-state index contributed by atoms with van der Waals surface area (Å²) in [5.74, 6) is 0.751. The molecule has 1 N–H and O–H groups in total. The van der Waals surface area contributed by atoms with E-state index in [1.165, 1.54) is 6.42 Å². The third-order valence-electron chi connectivity index (χ3n) is 3.85. The molecule has 112 valence electrons. The molecule has 0 radical (unpaired) electrons. The highest BCUT2D eigenvalue weighted by atomic mass is 79.9. The van der Waals surface area contributed by atoms with Crippen molar-refractivity contribution in [3.8, 4) is 0 Å². The van der Waals surface area contributed by atoms with Crippen molar-refractivity contribution in [2.75, 3.05) is 26.7 Å². The number of hydrogen-bond acceptors (Lipinski definition) is 2. The monoisotopic (exact) mass is 341 g/mol. The van der Waals surface area contributed by atoms with E-state index in [4.69, 9.17) is 0 Å². The van der Waals surface area contributed by atoms with Gasteiger partial charge >= 0.3 is 0 Å². The number of halogens is 1. The van der Waals surface area contributed by atoms with Crippen LogP contribution in [-0.2, 0) is 6.54 Å². The molecule has 1 aromatic heterocycles. The van der Waals surface area contributed by atoms with E-state index in [-0.39, 0.29) is 5.91 Å². The molecular weight excluding hydrogens is 318 g/mol. The first-order valence-electron chi connectivity index (χ1n) is 7.45. The second kappa shape index (κ2) is 7.27. The van der Waals surface area contributed by atoms with Gasteiger partial charge in [0.1, 0.15) is 5.69 Å². The van der Waals surface area contributed by atoms with Crippen molar-refractivity contribution in [2.45, 2.75) is 32.7 Å². The molecule has 5 heteroatoms. The maximum Gasteiger partial charge on any atom is 0.270 e. The Bertz CT molecular complexity index is 456. The lowest BCUT2D eigenvalue weighted by Gasteiger charge is -2.33. The summed E-state index contributed by atoms with van der Waals surface area (Å²) in [5, 5.41) is 3.22. The first kappa shape index (κ1) is 15.6. The van der Waals surface area contributed by atoms with Gasteiger partial charge in [0.05, 0.1) is 0 Å². The van der Waals surface area contributed by atoms with Crippen molar-refractivity contribution in [1.29, 1.82) is 0 Å². The van der Waals surface area contributed by atoms with Crippen molar-refractivity contribution in [1.82, 2.24) is 14.8 Å². The number of piperidine rings is 1. The molecule has 1 fully saturated rings. The average Bonchev–Trinajstić information content (AvgIpc) is 2.80. The number of likely N-dealkylation sites (tertiary alicyclic amines) is 1. The molecule has 4 nitrogen and oxygen atoms in total. The lowest BCUT2D eigenvalue weighted by molar-refractivity contribution is 0.0663. The Morgan fingerprint density at radius 1 is 1.55 bits per heavy atom. The normalized spacial score (nSPS) is 19.4. The van der Waals surface area contributed by atoms with Gasteiger partial charge in [0.2, 0.25) is 0 Å². The molecular formula is C15H24BrN3O. The van der Waals surface area contributed by atoms with E-state index >= 15 is 0 Å². The smallest absolute Gasteiger partial charge is 0.270 e. The maximum atomic E-state index is 12.7. The fourth-order valence-corrected chi connectivity index (χ4v) is 3.41. The predicted molar refractivity (Wildman–Crippen MR) is 85.0 cm³/mol. The summed E-state index contributed by atoms with van der Waals surface area (Å²) in [7, 11) is 1.98. The Kier molecular flexibility index (Phi) is 5.66. The molecule has 1 amide bonds. The summed E-state index contributed by atoms with van der Waals surface area (Å²) in [4.78, 5) is 14.7. The number of aryl methyl sites for hydroxylation is 1. The molecule has 1 saturated heterocycles. The number of hydrogen-bond donors (Lipinski definition) is 1. The Balaban J connectivity index is 2.10. The van der Waals surface area contributed by atoms with Gasteiger partial charge in [-0.25, -0.2) is 0 Å². The first-order chi connectivity index (χ1) is 9.65. The lowest BCUT2D eigenvalue weighted by atomic mass is 9.98. The van der Waals surface area contributed by atoms with Crippen LogP contribution in [0.1, 0.15) is 36.7 Å². The van der Waals surface area contributed by atoms with E-state index in [0.717, 1.165) is 49.2 Å². The van der Waals surface area contributed by atoms with Gasteiger partial charge < -0.3 is 14.8 Å². The Hall–Kier alpha value is -0.810. The number of aromatic nitrogens is 1. The van der Waals surface area contributed by atoms with E-state index in [1.807, 2.05) is 24.2 Å². The standard InChI is InChI=1S/C15H24BrN3O/c1-3-6-18-11-13(16)8-14(18)15(20)19-7-4-5-12(10-19)9-17-2/h8,11-12,17H,3-7,9-10H2,1-2H3. The zero-order valence-electron chi connectivity index (χ0n) is 12.4. The summed E-state index contributed by atoms with van der Waals surface area (Å²) in [5.41, 5.74) is 0.809. The topological polar surface area (TPSA) is 37.3 Å². The number of carbonyl (C=O) groups excluding carboxylic acids is 1. The summed E-state index contributed by atoms with van der Waals surface area (Å²) >= 11 is 3.48. The molecule has 0 aromatic carbocycles. The van der Waals surface area contributed by atoms with Gasteiger partial charge in [-0.2, -0.15) is 0 Å². The Morgan fingerprint density at radius 3 is 3.05 bits per heavy atom. The minimum absolute atomic E-state index is 0.171. The number of rotatable bonds is 5. The molecule has 0 spiro atoms. The lowest BCUT2D eigenvalue weighted by Crippen LogP contribution is -2.43. The molecule has 1 aliphatic rings. The summed E-state index contributed by atoms with van der Waals surface area (Å²) in [6.45, 7) is 5.76. The minimum atomic E-state index is 0.171. The maximum absolute atomic E-state index is 12.7. The second-order valence-corrected chi connectivity index (χ2v) is 6.47. The van der Waals surface area contributed by atoms with Crippen molar-refractivity contribution < 1.29 is 4.79 Å². The Morgan fingerprint density at radius 2 is 2.35 bits per heavy atom. The molecule has 0 aliphatic carbocycles. The van der Waals surface area contributed by atoms with Crippen molar-refractivity contribution in [3.05, 3.63) is 22.4 Å². The number of nitrogens with one attached hydrogen (secondary N) is 1. The van der Waals surface area contributed by atoms with Crippen molar-refractivity contribution >= 4 is 21.8 Å². The molecule has 2 heterocycles. The van der Waals surface area contributed by atoms with Crippen LogP contribution in [0.3, 0.4) is 0 Å². The van der Waals surface area contributed by atoms with Crippen LogP contribution >= 0.6 is 15.9 Å². The van der Waals surface area contributed by atoms with Crippen molar-refractivity contribution in [2.24, 2.45) is 5.92 Å². The van der Waals surface area contributed by atoms with E-state index in [1.54, 1.807) is 0 Å². The van der Waals surface area contributed by atoms with Crippen LogP contribution in [0.2, 0.25) is 0 Å². The van der Waals surface area contributed by atoms with E-state index in [2.05, 4.69) is 32.7 Å². The van der Waals surface area contributed by atoms with Gasteiger partial charge in [-0.1, -0.05) is 6.92 Å². The molecule has 0 bridgehead atoms. The highest BCUT2D eigenvalue weighted by Gasteiger charge is 2.25. The van der Waals surface area contributed by atoms with Crippen LogP contribution < -0.4 is 5.32 Å². The van der Waals surface area contributed by atoms with Crippen LogP contribution in [0.25, 0.3) is 0 Å². The van der Waals surface area contributed by atoms with Crippen LogP contribution in [0.15, 0.2) is 16.7 Å². The van der Waals surface area contributed by atoms with E-state index < -0.39 is 0 Å². The zero-order valence-corrected chi connectivity index (χ0v) is 13.9. The molecule has 1 aliphatic heterocycles. The third-order valence-corrected chi connectivity index (χ3v) is 4.28. The van der Waals surface area contributed by atoms with Crippen LogP contribution in [0.4, 0.5) is 0 Å². The van der Waals surface area contributed by atoms with Crippen LogP contribution in [0.5, 0.6) is 0 Å². The zero-order chi connectivity index (χ0) is 14.5. The molecule has 1 aromatic rings. The van der Waals surface area contributed by atoms with Gasteiger partial charge in [-0.05, 0) is 60.8 Å². The number of nitrogens with zero attached hydrogens (tertiary/aromatic N) is 2. The number of amides is 1. The SMILES string of the molecule is CCCn1cc(Br)cc1C(=O)N1CCCC(CNC)C1. The third kappa shape index (κ3) is 3.64. The quantitative estimate of drug-likeness (QED) is 0.893. The molecule has 20 heavy (non-hydrogen) atoms. The summed E-state index contributed by atoms with van der Waals surface area (Å²) in [6, 6.07) is 1.94. The first-order valence-corrected chi connectivity index (χ1v) is 8.24. The molecule has 0 saturated carbocycles. The summed E-state index contributed by atoms with van der Waals surface area (Å²) in [6.07, 6.45) is 5.35. The molecule has 1 unspecified atom stereocenters. The largest absolute Gasteiger partial charge is 0.342 e. The highest BCUT2D eigenvalue weighted by molar-refractivity contribution is 9.10. The van der Waals surface area contributed by atoms with Gasteiger partial charge in [0.15, 0.2) is 0 Å². The van der Waals surface area contributed by atoms with Gasteiger partial charge in [0, 0.05) is 30.3 Å². The van der Waals surface area contributed by atoms with E-state index in [9.17, 15) is 4.79 Å². The fourth-order valence-electron chi connectivity index (χ4n) is 2.95. The van der Waals surface area contributed by atoms with Gasteiger partial charge in [0.25, 0.3) is 5.91 Å². The number of carbonyl (C=O) groups is 1. The minimum Gasteiger partial charge on any atom is -0.342 e. The molecule has 1 atom stereocenters. The summed E-state index contributed by atoms with van der Waals surface area (Å²) < 4.78 is 3.05. The average molecular weight is 342 g/mol. The van der Waals surface area contributed by atoms with Crippen molar-refractivity contribution in [3.63, 3.8) is 0 Å². The second-order valence-electron chi connectivity index (χ2n) is 5.55. The fraction of sp³-hybridized carbons (Fsp3) is 0.667. The van der Waals surface area contributed by atoms with Crippen LogP contribution in [-0.4, -0.2) is 42.1 Å². The predicted octanol–water partition coefficient (Wildman–Crippen LogP) is 2.73.